The van der Waals surface area contributed by atoms with Crippen LogP contribution in [-0.4, -0.2) is 23.2 Å². The number of benzene rings is 1. The van der Waals surface area contributed by atoms with Gasteiger partial charge in [0.05, 0.1) is 5.92 Å². The fourth-order valence-corrected chi connectivity index (χ4v) is 2.36. The lowest BCUT2D eigenvalue weighted by Crippen LogP contribution is -2.28. The van der Waals surface area contributed by atoms with Gasteiger partial charge < -0.3 is 9.84 Å². The van der Waals surface area contributed by atoms with Gasteiger partial charge in [0.25, 0.3) is 0 Å². The summed E-state index contributed by atoms with van der Waals surface area (Å²) in [5, 5.41) is 7.32. The molecule has 1 fully saturated rings. The van der Waals surface area contributed by atoms with E-state index in [2.05, 4.69) is 15.5 Å². The molecule has 100 valence electrons. The predicted octanol–water partition coefficient (Wildman–Crippen LogP) is 2.65. The molecule has 0 spiro atoms. The third-order valence-corrected chi connectivity index (χ3v) is 3.50. The standard InChI is InChI=1S/C14H16FN3O/c1-9-7-10(4-5-12(9)15)13-17-14(19-18-13)11-3-2-6-16-8-11/h4-5,7,11,16H,2-3,6,8H2,1H3. The van der Waals surface area contributed by atoms with E-state index in [1.54, 1.807) is 19.1 Å². The predicted molar refractivity (Wildman–Crippen MR) is 69.3 cm³/mol. The number of aromatic nitrogens is 2. The van der Waals surface area contributed by atoms with Crippen LogP contribution in [0, 0.1) is 12.7 Å². The summed E-state index contributed by atoms with van der Waals surface area (Å²) in [6.45, 7) is 3.66. The normalized spacial score (nSPS) is 19.6. The highest BCUT2D eigenvalue weighted by atomic mass is 19.1. The zero-order valence-corrected chi connectivity index (χ0v) is 10.8. The van der Waals surface area contributed by atoms with Crippen molar-refractivity contribution in [1.29, 1.82) is 0 Å². The second-order valence-electron chi connectivity index (χ2n) is 4.96. The van der Waals surface area contributed by atoms with Gasteiger partial charge in [-0.1, -0.05) is 5.16 Å². The van der Waals surface area contributed by atoms with Crippen LogP contribution in [-0.2, 0) is 0 Å². The molecule has 2 heterocycles. The molecule has 0 amide bonds. The molecule has 0 radical (unpaired) electrons. The molecule has 1 N–H and O–H groups in total. The van der Waals surface area contributed by atoms with Crippen LogP contribution >= 0.6 is 0 Å². The van der Waals surface area contributed by atoms with Crippen molar-refractivity contribution in [3.8, 4) is 11.4 Å². The Morgan fingerprint density at radius 1 is 1.42 bits per heavy atom. The van der Waals surface area contributed by atoms with Gasteiger partial charge in [-0.25, -0.2) is 4.39 Å². The number of rotatable bonds is 2. The average molecular weight is 261 g/mol. The molecule has 1 saturated heterocycles. The quantitative estimate of drug-likeness (QED) is 0.903. The van der Waals surface area contributed by atoms with Gasteiger partial charge >= 0.3 is 0 Å². The maximum Gasteiger partial charge on any atom is 0.231 e. The molecule has 1 atom stereocenters. The highest BCUT2D eigenvalue weighted by molar-refractivity contribution is 5.55. The fourth-order valence-electron chi connectivity index (χ4n) is 2.36. The number of hydrogen-bond acceptors (Lipinski definition) is 4. The number of aryl methyl sites for hydroxylation is 1. The first-order chi connectivity index (χ1) is 9.24. The third kappa shape index (κ3) is 2.51. The number of hydrogen-bond donors (Lipinski definition) is 1. The SMILES string of the molecule is Cc1cc(-c2noc(C3CCCNC3)n2)ccc1F. The first kappa shape index (κ1) is 12.3. The summed E-state index contributed by atoms with van der Waals surface area (Å²) in [5.74, 6) is 1.27. The highest BCUT2D eigenvalue weighted by Crippen LogP contribution is 2.25. The molecule has 3 rings (SSSR count). The molecule has 2 aromatic rings. The summed E-state index contributed by atoms with van der Waals surface area (Å²) >= 11 is 0. The van der Waals surface area contributed by atoms with E-state index >= 15 is 0 Å². The Morgan fingerprint density at radius 3 is 3.05 bits per heavy atom. The van der Waals surface area contributed by atoms with Crippen LogP contribution in [0.5, 0.6) is 0 Å². The Kier molecular flexibility index (Phi) is 3.29. The van der Waals surface area contributed by atoms with Gasteiger partial charge in [-0.05, 0) is 50.1 Å². The molecular weight excluding hydrogens is 245 g/mol. The third-order valence-electron chi connectivity index (χ3n) is 3.50. The number of nitrogens with one attached hydrogen (secondary N) is 1. The molecule has 19 heavy (non-hydrogen) atoms. The van der Waals surface area contributed by atoms with E-state index in [1.165, 1.54) is 6.07 Å². The monoisotopic (exact) mass is 261 g/mol. The summed E-state index contributed by atoms with van der Waals surface area (Å²) < 4.78 is 18.6. The Hall–Kier alpha value is -1.75. The largest absolute Gasteiger partial charge is 0.339 e. The van der Waals surface area contributed by atoms with Crippen LogP contribution < -0.4 is 5.32 Å². The van der Waals surface area contributed by atoms with Crippen molar-refractivity contribution in [3.63, 3.8) is 0 Å². The lowest BCUT2D eigenvalue weighted by atomic mass is 10.00. The average Bonchev–Trinajstić information content (AvgIpc) is 2.93. The van der Waals surface area contributed by atoms with Crippen LogP contribution in [0.25, 0.3) is 11.4 Å². The van der Waals surface area contributed by atoms with Crippen LogP contribution in [0.1, 0.15) is 30.2 Å². The minimum absolute atomic E-state index is 0.219. The smallest absolute Gasteiger partial charge is 0.231 e. The van der Waals surface area contributed by atoms with Gasteiger partial charge in [0.15, 0.2) is 0 Å². The van der Waals surface area contributed by atoms with E-state index in [0.717, 1.165) is 31.5 Å². The molecule has 1 aliphatic rings. The van der Waals surface area contributed by atoms with Gasteiger partial charge in [0.1, 0.15) is 5.82 Å². The first-order valence-electron chi connectivity index (χ1n) is 6.55. The van der Waals surface area contributed by atoms with Crippen molar-refractivity contribution in [1.82, 2.24) is 15.5 Å². The summed E-state index contributed by atoms with van der Waals surface area (Å²) in [6.07, 6.45) is 2.19. The fraction of sp³-hybridized carbons (Fsp3) is 0.429. The second kappa shape index (κ2) is 5.09. The van der Waals surface area contributed by atoms with Crippen molar-refractivity contribution in [3.05, 3.63) is 35.5 Å². The number of nitrogens with zero attached hydrogens (tertiary/aromatic N) is 2. The zero-order valence-electron chi connectivity index (χ0n) is 10.8. The van der Waals surface area contributed by atoms with E-state index in [-0.39, 0.29) is 11.7 Å². The van der Waals surface area contributed by atoms with Gasteiger partial charge in [-0.2, -0.15) is 4.98 Å². The van der Waals surface area contributed by atoms with E-state index in [1.807, 2.05) is 0 Å². The van der Waals surface area contributed by atoms with Crippen LogP contribution in [0.2, 0.25) is 0 Å². The molecule has 0 bridgehead atoms. The van der Waals surface area contributed by atoms with Gasteiger partial charge in [-0.15, -0.1) is 0 Å². The molecule has 1 aliphatic heterocycles. The van der Waals surface area contributed by atoms with E-state index in [9.17, 15) is 4.39 Å². The minimum atomic E-state index is -0.219. The van der Waals surface area contributed by atoms with Gasteiger partial charge in [0.2, 0.25) is 11.7 Å². The van der Waals surface area contributed by atoms with Crippen LogP contribution in [0.3, 0.4) is 0 Å². The highest BCUT2D eigenvalue weighted by Gasteiger charge is 2.21. The molecule has 1 unspecified atom stereocenters. The van der Waals surface area contributed by atoms with Crippen molar-refractivity contribution < 1.29 is 8.91 Å². The lowest BCUT2D eigenvalue weighted by molar-refractivity contribution is 0.322. The van der Waals surface area contributed by atoms with Crippen LogP contribution in [0.4, 0.5) is 4.39 Å². The second-order valence-corrected chi connectivity index (χ2v) is 4.96. The molecular formula is C14H16FN3O. The van der Waals surface area contributed by atoms with Gasteiger partial charge in [0, 0.05) is 12.1 Å². The molecule has 5 heteroatoms. The van der Waals surface area contributed by atoms with E-state index in [4.69, 9.17) is 4.52 Å². The molecule has 1 aromatic carbocycles. The molecule has 4 nitrogen and oxygen atoms in total. The molecule has 0 saturated carbocycles. The van der Waals surface area contributed by atoms with E-state index < -0.39 is 0 Å². The maximum atomic E-state index is 13.2. The van der Waals surface area contributed by atoms with Gasteiger partial charge in [-0.3, -0.25) is 0 Å². The van der Waals surface area contributed by atoms with Crippen LogP contribution in [0.15, 0.2) is 22.7 Å². The van der Waals surface area contributed by atoms with Crippen molar-refractivity contribution >= 4 is 0 Å². The van der Waals surface area contributed by atoms with E-state index in [0.29, 0.717) is 17.3 Å². The maximum absolute atomic E-state index is 13.2. The Balaban J connectivity index is 1.85. The topological polar surface area (TPSA) is 51.0 Å². The van der Waals surface area contributed by atoms with Crippen molar-refractivity contribution in [2.75, 3.05) is 13.1 Å². The summed E-state index contributed by atoms with van der Waals surface area (Å²) in [7, 11) is 0. The summed E-state index contributed by atoms with van der Waals surface area (Å²) in [4.78, 5) is 4.43. The Labute approximate surface area is 111 Å². The molecule has 0 aliphatic carbocycles. The first-order valence-corrected chi connectivity index (χ1v) is 6.55. The zero-order chi connectivity index (χ0) is 13.2. The number of piperidine rings is 1. The number of halogens is 1. The lowest BCUT2D eigenvalue weighted by Gasteiger charge is -2.18. The van der Waals surface area contributed by atoms with Crippen molar-refractivity contribution in [2.24, 2.45) is 0 Å². The van der Waals surface area contributed by atoms with Crippen molar-refractivity contribution in [2.45, 2.75) is 25.7 Å². The summed E-state index contributed by atoms with van der Waals surface area (Å²) in [5.41, 5.74) is 1.38. The Bertz CT molecular complexity index is 576. The Morgan fingerprint density at radius 2 is 2.32 bits per heavy atom. The minimum Gasteiger partial charge on any atom is -0.339 e. The summed E-state index contributed by atoms with van der Waals surface area (Å²) in [6, 6.07) is 4.85. The molecule has 1 aromatic heterocycles.